The topological polar surface area (TPSA) is 98.9 Å². The number of nitrogens with one attached hydrogen (secondary N) is 1. The van der Waals surface area contributed by atoms with Gasteiger partial charge in [0.1, 0.15) is 0 Å². The van der Waals surface area contributed by atoms with Crippen LogP contribution in [0.15, 0.2) is 24.3 Å². The van der Waals surface area contributed by atoms with E-state index in [1.807, 2.05) is 36.9 Å². The van der Waals surface area contributed by atoms with Gasteiger partial charge < -0.3 is 21.1 Å². The van der Waals surface area contributed by atoms with Crippen LogP contribution in [0.5, 0.6) is 0 Å². The number of hydrogen-bond donors (Lipinski definition) is 3. The van der Waals surface area contributed by atoms with Crippen molar-refractivity contribution < 1.29 is 14.7 Å². The Morgan fingerprint density at radius 2 is 1.88 bits per heavy atom. The van der Waals surface area contributed by atoms with Crippen LogP contribution < -0.4 is 16.0 Å². The lowest BCUT2D eigenvalue weighted by atomic mass is 9.87. The fraction of sp³-hybridized carbons (Fsp3) is 0.692. The van der Waals surface area contributed by atoms with Gasteiger partial charge in [-0.3, -0.25) is 14.5 Å². The number of rotatable bonds is 11. The number of amides is 2. The third kappa shape index (κ3) is 7.67. The van der Waals surface area contributed by atoms with Crippen molar-refractivity contribution in [2.75, 3.05) is 31.1 Å². The molecule has 4 N–H and O–H groups in total. The Hall–Kier alpha value is -1.67. The van der Waals surface area contributed by atoms with Gasteiger partial charge in [-0.15, -0.1) is 0 Å². The van der Waals surface area contributed by atoms with Crippen molar-refractivity contribution in [3.63, 3.8) is 0 Å². The van der Waals surface area contributed by atoms with Crippen LogP contribution in [0.4, 0.5) is 5.69 Å². The van der Waals surface area contributed by atoms with Crippen molar-refractivity contribution >= 4 is 29.1 Å². The number of anilines is 1. The van der Waals surface area contributed by atoms with E-state index in [4.69, 9.17) is 17.3 Å². The molecule has 1 heterocycles. The Morgan fingerprint density at radius 1 is 1.24 bits per heavy atom. The minimum atomic E-state index is -0.851. The van der Waals surface area contributed by atoms with Crippen LogP contribution in [0, 0.1) is 17.8 Å². The fourth-order valence-corrected chi connectivity index (χ4v) is 4.59. The van der Waals surface area contributed by atoms with Crippen LogP contribution in [-0.4, -0.2) is 65.7 Å². The van der Waals surface area contributed by atoms with E-state index in [-0.39, 0.29) is 35.7 Å². The van der Waals surface area contributed by atoms with Crippen molar-refractivity contribution in [3.05, 3.63) is 29.3 Å². The maximum atomic E-state index is 13.0. The summed E-state index contributed by atoms with van der Waals surface area (Å²) in [5.74, 6) is 0.184. The van der Waals surface area contributed by atoms with Crippen LogP contribution in [0.1, 0.15) is 54.4 Å². The Kier molecular flexibility index (Phi) is 10.4. The molecule has 7 nitrogen and oxygen atoms in total. The molecule has 1 aliphatic heterocycles. The van der Waals surface area contributed by atoms with Crippen molar-refractivity contribution in [2.45, 2.75) is 72.1 Å². The van der Waals surface area contributed by atoms with Gasteiger partial charge in [0.2, 0.25) is 11.8 Å². The fourth-order valence-electron chi connectivity index (χ4n) is 4.35. The molecule has 0 unspecified atom stereocenters. The molecule has 1 saturated heterocycles. The first-order valence-corrected chi connectivity index (χ1v) is 12.7. The summed E-state index contributed by atoms with van der Waals surface area (Å²) in [5, 5.41) is 14.4. The summed E-state index contributed by atoms with van der Waals surface area (Å²) in [7, 11) is 0. The number of carbonyl (C=O) groups excluding carboxylic acids is 2. The number of nitrogens with two attached hydrogens (primary N) is 1. The lowest BCUT2D eigenvalue weighted by Gasteiger charge is -2.47. The number of nitrogens with zero attached hydrogens (tertiary/aromatic N) is 2. The average molecular weight is 495 g/mol. The van der Waals surface area contributed by atoms with E-state index in [1.165, 1.54) is 0 Å². The Morgan fingerprint density at radius 3 is 2.47 bits per heavy atom. The third-order valence-corrected chi connectivity index (χ3v) is 7.07. The molecular formula is C26H43ClN4O3. The number of halogens is 1. The Labute approximate surface area is 210 Å². The first kappa shape index (κ1) is 28.6. The monoisotopic (exact) mass is 494 g/mol. The van der Waals surface area contributed by atoms with Gasteiger partial charge in [-0.1, -0.05) is 51.4 Å². The average Bonchev–Trinajstić information content (AvgIpc) is 2.74. The molecule has 0 bridgehead atoms. The summed E-state index contributed by atoms with van der Waals surface area (Å²) in [5.41, 5.74) is 6.74. The number of carbonyl (C=O) groups is 2. The largest absolute Gasteiger partial charge is 0.391 e. The molecule has 8 heteroatoms. The number of hydrogen-bond acceptors (Lipinski definition) is 5. The van der Waals surface area contributed by atoms with Gasteiger partial charge in [-0.2, -0.15) is 0 Å². The molecule has 0 aliphatic carbocycles. The first-order chi connectivity index (χ1) is 15.8. The molecule has 0 radical (unpaired) electrons. The standard InChI is InChI=1S/C26H43ClN4O3/c1-17(2)11-12-29-25(34)19(18(3)4)13-23(32)21(28)14-30-15-24(33)31(16-26(30,5)6)22-10-8-7-9-20(22)27/h7-10,17-19,21,23,32H,11-16,28H2,1-6H3,(H,29,34)/t19-,21-,23-/m0/s1. The molecule has 2 amide bonds. The van der Waals surface area contributed by atoms with Gasteiger partial charge in [0.25, 0.3) is 0 Å². The zero-order valence-electron chi connectivity index (χ0n) is 21.6. The molecule has 2 rings (SSSR count). The zero-order valence-corrected chi connectivity index (χ0v) is 22.3. The maximum absolute atomic E-state index is 13.0. The molecule has 192 valence electrons. The van der Waals surface area contributed by atoms with E-state index in [9.17, 15) is 14.7 Å². The number of piperazine rings is 1. The molecular weight excluding hydrogens is 452 g/mol. The lowest BCUT2D eigenvalue weighted by Crippen LogP contribution is -2.64. The van der Waals surface area contributed by atoms with Gasteiger partial charge in [0.15, 0.2) is 0 Å². The van der Waals surface area contributed by atoms with Crippen LogP contribution in [-0.2, 0) is 9.59 Å². The number of benzene rings is 1. The minimum Gasteiger partial charge on any atom is -0.391 e. The molecule has 0 aromatic heterocycles. The van der Waals surface area contributed by atoms with E-state index in [0.29, 0.717) is 42.7 Å². The molecule has 0 spiro atoms. The predicted octanol–water partition coefficient (Wildman–Crippen LogP) is 3.28. The Bertz CT molecular complexity index is 830. The number of para-hydroxylation sites is 1. The van der Waals surface area contributed by atoms with Gasteiger partial charge in [-0.25, -0.2) is 0 Å². The number of aliphatic hydroxyl groups is 1. The lowest BCUT2D eigenvalue weighted by molar-refractivity contribution is -0.127. The smallest absolute Gasteiger partial charge is 0.241 e. The van der Waals surface area contributed by atoms with Crippen LogP contribution in [0.3, 0.4) is 0 Å². The van der Waals surface area contributed by atoms with E-state index >= 15 is 0 Å². The van der Waals surface area contributed by atoms with E-state index in [0.717, 1.165) is 6.42 Å². The van der Waals surface area contributed by atoms with E-state index in [2.05, 4.69) is 33.0 Å². The second-order valence-electron chi connectivity index (χ2n) is 10.9. The highest BCUT2D eigenvalue weighted by Crippen LogP contribution is 2.31. The van der Waals surface area contributed by atoms with Crippen molar-refractivity contribution in [1.82, 2.24) is 10.2 Å². The summed E-state index contributed by atoms with van der Waals surface area (Å²) in [6, 6.07) is 6.75. The van der Waals surface area contributed by atoms with Gasteiger partial charge in [0, 0.05) is 37.1 Å². The van der Waals surface area contributed by atoms with Crippen LogP contribution in [0.25, 0.3) is 0 Å². The zero-order chi connectivity index (χ0) is 25.6. The first-order valence-electron chi connectivity index (χ1n) is 12.3. The molecule has 0 saturated carbocycles. The molecule has 3 atom stereocenters. The van der Waals surface area contributed by atoms with Crippen molar-refractivity contribution in [2.24, 2.45) is 23.5 Å². The molecule has 34 heavy (non-hydrogen) atoms. The second kappa shape index (κ2) is 12.3. The van der Waals surface area contributed by atoms with Gasteiger partial charge >= 0.3 is 0 Å². The minimum absolute atomic E-state index is 0.0363. The SMILES string of the molecule is CC(C)CCNC(=O)[C@@H](C[C@H](O)[C@@H](N)CN1CC(=O)N(c2ccccc2Cl)CC1(C)C)C(C)C. The van der Waals surface area contributed by atoms with Crippen LogP contribution >= 0.6 is 11.6 Å². The summed E-state index contributed by atoms with van der Waals surface area (Å²) in [4.78, 5) is 29.4. The van der Waals surface area contributed by atoms with Crippen LogP contribution in [0.2, 0.25) is 5.02 Å². The van der Waals surface area contributed by atoms with Crippen molar-refractivity contribution in [3.8, 4) is 0 Å². The normalized spacial score (nSPS) is 19.4. The van der Waals surface area contributed by atoms with E-state index in [1.54, 1.807) is 11.0 Å². The van der Waals surface area contributed by atoms with Gasteiger partial charge in [0.05, 0.1) is 23.4 Å². The van der Waals surface area contributed by atoms with E-state index < -0.39 is 12.1 Å². The molecule has 1 aromatic rings. The Balaban J connectivity index is 2.00. The maximum Gasteiger partial charge on any atom is 0.241 e. The highest BCUT2D eigenvalue weighted by Gasteiger charge is 2.40. The second-order valence-corrected chi connectivity index (χ2v) is 11.3. The van der Waals surface area contributed by atoms with Gasteiger partial charge in [-0.05, 0) is 50.7 Å². The quantitative estimate of drug-likeness (QED) is 0.438. The third-order valence-electron chi connectivity index (χ3n) is 6.75. The molecule has 1 aromatic carbocycles. The number of aliphatic hydroxyl groups excluding tert-OH is 1. The van der Waals surface area contributed by atoms with Crippen molar-refractivity contribution in [1.29, 1.82) is 0 Å². The summed E-state index contributed by atoms with van der Waals surface area (Å²) < 4.78 is 0. The highest BCUT2D eigenvalue weighted by atomic mass is 35.5. The highest BCUT2D eigenvalue weighted by molar-refractivity contribution is 6.33. The summed E-state index contributed by atoms with van der Waals surface area (Å²) >= 11 is 6.33. The molecule has 1 fully saturated rings. The molecule has 1 aliphatic rings. The predicted molar refractivity (Wildman–Crippen MR) is 139 cm³/mol. The summed E-state index contributed by atoms with van der Waals surface area (Å²) in [6.07, 6.45) is 0.359. The summed E-state index contributed by atoms with van der Waals surface area (Å²) in [6.45, 7) is 14.0.